The molecule has 9 heteroatoms. The number of para-hydroxylation sites is 2. The number of ether oxygens (including phenoxy) is 1. The van der Waals surface area contributed by atoms with Gasteiger partial charge in [-0.3, -0.25) is 9.47 Å². The SMILES string of the molecule is COc1ccccc1NC(=O)CSc1nnc(-c2cccs2)n1-n1cccc1. The van der Waals surface area contributed by atoms with E-state index in [1.165, 1.54) is 11.8 Å². The first-order chi connectivity index (χ1) is 13.8. The zero-order valence-corrected chi connectivity index (χ0v) is 16.6. The number of aromatic nitrogens is 4. The number of hydrogen-bond acceptors (Lipinski definition) is 6. The summed E-state index contributed by atoms with van der Waals surface area (Å²) in [6, 6.07) is 15.1. The van der Waals surface area contributed by atoms with Gasteiger partial charge in [0.1, 0.15) is 5.75 Å². The molecule has 0 saturated heterocycles. The highest BCUT2D eigenvalue weighted by molar-refractivity contribution is 7.99. The average Bonchev–Trinajstić information content (AvgIpc) is 3.47. The molecule has 7 nitrogen and oxygen atoms in total. The zero-order chi connectivity index (χ0) is 19.3. The van der Waals surface area contributed by atoms with E-state index in [1.54, 1.807) is 30.6 Å². The third-order valence-electron chi connectivity index (χ3n) is 3.89. The van der Waals surface area contributed by atoms with Crippen LogP contribution in [0.2, 0.25) is 0 Å². The molecule has 0 bridgehead atoms. The summed E-state index contributed by atoms with van der Waals surface area (Å²) in [5.41, 5.74) is 0.641. The summed E-state index contributed by atoms with van der Waals surface area (Å²) in [7, 11) is 1.57. The Morgan fingerprint density at radius 3 is 2.71 bits per heavy atom. The molecule has 0 aliphatic rings. The molecule has 0 unspecified atom stereocenters. The molecule has 3 heterocycles. The lowest BCUT2D eigenvalue weighted by Gasteiger charge is -2.11. The molecule has 0 aliphatic carbocycles. The summed E-state index contributed by atoms with van der Waals surface area (Å²) in [6.45, 7) is 0. The quantitative estimate of drug-likeness (QED) is 0.468. The molecule has 0 saturated carbocycles. The van der Waals surface area contributed by atoms with Crippen LogP contribution in [0.1, 0.15) is 0 Å². The Morgan fingerprint density at radius 2 is 1.96 bits per heavy atom. The standard InChI is InChI=1S/C19H17N5O2S2/c1-26-15-8-3-2-7-14(15)20-17(25)13-28-19-22-21-18(16-9-6-12-27-16)24(19)23-10-4-5-11-23/h2-12H,13H2,1H3,(H,20,25). The molecule has 3 aromatic heterocycles. The topological polar surface area (TPSA) is 74.0 Å². The summed E-state index contributed by atoms with van der Waals surface area (Å²) in [4.78, 5) is 13.4. The van der Waals surface area contributed by atoms with E-state index in [0.29, 0.717) is 16.6 Å². The zero-order valence-electron chi connectivity index (χ0n) is 15.0. The summed E-state index contributed by atoms with van der Waals surface area (Å²) in [5.74, 6) is 1.41. The number of benzene rings is 1. The molecule has 0 atom stereocenters. The van der Waals surface area contributed by atoms with Crippen LogP contribution < -0.4 is 10.1 Å². The van der Waals surface area contributed by atoms with Crippen LogP contribution in [0.3, 0.4) is 0 Å². The van der Waals surface area contributed by atoms with Crippen molar-refractivity contribution in [3.63, 3.8) is 0 Å². The highest BCUT2D eigenvalue weighted by Gasteiger charge is 2.18. The monoisotopic (exact) mass is 411 g/mol. The summed E-state index contributed by atoms with van der Waals surface area (Å²) >= 11 is 2.92. The van der Waals surface area contributed by atoms with Gasteiger partial charge >= 0.3 is 0 Å². The van der Waals surface area contributed by atoms with Crippen LogP contribution in [-0.4, -0.2) is 38.3 Å². The van der Waals surface area contributed by atoms with Gasteiger partial charge in [-0.25, -0.2) is 4.68 Å². The molecule has 28 heavy (non-hydrogen) atoms. The third kappa shape index (κ3) is 3.80. The second kappa shape index (κ2) is 8.32. The second-order valence-electron chi connectivity index (χ2n) is 5.70. The number of nitrogens with one attached hydrogen (secondary N) is 1. The van der Waals surface area contributed by atoms with E-state index in [-0.39, 0.29) is 11.7 Å². The molecule has 142 valence electrons. The Morgan fingerprint density at radius 1 is 1.14 bits per heavy atom. The lowest BCUT2D eigenvalue weighted by atomic mass is 10.3. The van der Waals surface area contributed by atoms with Crippen molar-refractivity contribution in [1.82, 2.24) is 19.5 Å². The van der Waals surface area contributed by atoms with Gasteiger partial charge in [-0.05, 0) is 35.7 Å². The second-order valence-corrected chi connectivity index (χ2v) is 7.59. The minimum Gasteiger partial charge on any atom is -0.495 e. The van der Waals surface area contributed by atoms with Crippen LogP contribution in [-0.2, 0) is 4.79 Å². The number of nitrogens with zero attached hydrogens (tertiary/aromatic N) is 4. The van der Waals surface area contributed by atoms with Gasteiger partial charge in [0.05, 0.1) is 23.4 Å². The van der Waals surface area contributed by atoms with Crippen LogP contribution in [0.15, 0.2) is 71.5 Å². The normalized spacial score (nSPS) is 10.8. The highest BCUT2D eigenvalue weighted by Crippen LogP contribution is 2.28. The maximum absolute atomic E-state index is 12.4. The maximum Gasteiger partial charge on any atom is 0.234 e. The van der Waals surface area contributed by atoms with E-state index in [2.05, 4.69) is 15.5 Å². The van der Waals surface area contributed by atoms with Crippen molar-refractivity contribution in [2.24, 2.45) is 0 Å². The molecular formula is C19H17N5O2S2. The molecule has 4 rings (SSSR count). The van der Waals surface area contributed by atoms with Gasteiger partial charge in [0.25, 0.3) is 0 Å². The first-order valence-electron chi connectivity index (χ1n) is 8.45. The molecule has 1 aromatic carbocycles. The molecule has 0 aliphatic heterocycles. The number of carbonyl (C=O) groups is 1. The van der Waals surface area contributed by atoms with Crippen LogP contribution in [0.25, 0.3) is 10.7 Å². The van der Waals surface area contributed by atoms with Gasteiger partial charge in [-0.2, -0.15) is 0 Å². The van der Waals surface area contributed by atoms with Crippen LogP contribution in [0, 0.1) is 0 Å². The smallest absolute Gasteiger partial charge is 0.234 e. The fraction of sp³-hybridized carbons (Fsp3) is 0.105. The number of thiophene rings is 1. The van der Waals surface area contributed by atoms with Gasteiger partial charge in [-0.15, -0.1) is 21.5 Å². The van der Waals surface area contributed by atoms with E-state index in [4.69, 9.17) is 4.74 Å². The van der Waals surface area contributed by atoms with Crippen molar-refractivity contribution >= 4 is 34.7 Å². The van der Waals surface area contributed by atoms with Gasteiger partial charge in [0, 0.05) is 12.4 Å². The fourth-order valence-electron chi connectivity index (χ4n) is 2.65. The number of methoxy groups -OCH3 is 1. The number of amides is 1. The summed E-state index contributed by atoms with van der Waals surface area (Å²) in [5, 5.41) is 14.1. The first-order valence-corrected chi connectivity index (χ1v) is 10.3. The average molecular weight is 412 g/mol. The van der Waals surface area contributed by atoms with Gasteiger partial charge in [0.2, 0.25) is 11.1 Å². The van der Waals surface area contributed by atoms with Gasteiger partial charge in [0.15, 0.2) is 5.82 Å². The van der Waals surface area contributed by atoms with E-state index in [1.807, 2.05) is 63.5 Å². The van der Waals surface area contributed by atoms with Crippen LogP contribution >= 0.6 is 23.1 Å². The number of rotatable bonds is 7. The summed E-state index contributed by atoms with van der Waals surface area (Å²) < 4.78 is 9.07. The van der Waals surface area contributed by atoms with E-state index in [0.717, 1.165) is 10.7 Å². The molecule has 4 aromatic rings. The third-order valence-corrected chi connectivity index (χ3v) is 5.67. The Bertz CT molecular complexity index is 1060. The largest absolute Gasteiger partial charge is 0.495 e. The van der Waals surface area contributed by atoms with Crippen molar-refractivity contribution in [2.45, 2.75) is 5.16 Å². The van der Waals surface area contributed by atoms with Crippen molar-refractivity contribution in [3.8, 4) is 16.5 Å². The summed E-state index contributed by atoms with van der Waals surface area (Å²) in [6.07, 6.45) is 3.83. The number of anilines is 1. The van der Waals surface area contributed by atoms with E-state index >= 15 is 0 Å². The van der Waals surface area contributed by atoms with Crippen LogP contribution in [0.4, 0.5) is 5.69 Å². The van der Waals surface area contributed by atoms with E-state index in [9.17, 15) is 4.79 Å². The van der Waals surface area contributed by atoms with Gasteiger partial charge in [-0.1, -0.05) is 30.0 Å². The number of carbonyl (C=O) groups excluding carboxylic acids is 1. The predicted octanol–water partition coefficient (Wildman–Crippen LogP) is 3.86. The van der Waals surface area contributed by atoms with Gasteiger partial charge < -0.3 is 10.1 Å². The Hall–Kier alpha value is -3.04. The molecule has 1 N–H and O–H groups in total. The molecule has 1 amide bonds. The molecule has 0 radical (unpaired) electrons. The van der Waals surface area contributed by atoms with Crippen molar-refractivity contribution in [1.29, 1.82) is 0 Å². The molecule has 0 fully saturated rings. The van der Waals surface area contributed by atoms with Crippen molar-refractivity contribution in [2.75, 3.05) is 18.2 Å². The lowest BCUT2D eigenvalue weighted by Crippen LogP contribution is -2.16. The number of hydrogen-bond donors (Lipinski definition) is 1. The molecule has 0 spiro atoms. The minimum absolute atomic E-state index is 0.144. The lowest BCUT2D eigenvalue weighted by molar-refractivity contribution is -0.113. The fourth-order valence-corrected chi connectivity index (χ4v) is 4.07. The Labute approximate surface area is 170 Å². The van der Waals surface area contributed by atoms with E-state index < -0.39 is 0 Å². The minimum atomic E-state index is -0.144. The number of thioether (sulfide) groups is 1. The van der Waals surface area contributed by atoms with Crippen molar-refractivity contribution < 1.29 is 9.53 Å². The first kappa shape index (κ1) is 18.3. The Balaban J connectivity index is 1.53. The van der Waals surface area contributed by atoms with Crippen molar-refractivity contribution in [3.05, 3.63) is 66.3 Å². The molecular weight excluding hydrogens is 394 g/mol. The maximum atomic E-state index is 12.4. The van der Waals surface area contributed by atoms with Crippen LogP contribution in [0.5, 0.6) is 5.75 Å². The Kier molecular flexibility index (Phi) is 5.45. The highest BCUT2D eigenvalue weighted by atomic mass is 32.2. The predicted molar refractivity (Wildman–Crippen MR) is 111 cm³/mol.